The maximum atomic E-state index is 5.20. The molecule has 1 aromatic rings. The van der Waals surface area contributed by atoms with Crippen molar-refractivity contribution in [3.05, 3.63) is 22.7 Å². The number of hydrazine groups is 1. The predicted molar refractivity (Wildman–Crippen MR) is 55.8 cm³/mol. The van der Waals surface area contributed by atoms with Crippen LogP contribution in [0.15, 0.2) is 22.7 Å². The largest absolute Gasteiger partial charge is 0.495 e. The molecule has 0 spiro atoms. The number of rotatable bonds is 2. The smallest absolute Gasteiger partial charge is 0.135 e. The zero-order chi connectivity index (χ0) is 8.27. The Labute approximate surface area is 85.8 Å². The maximum absolute atomic E-state index is 5.20. The summed E-state index contributed by atoms with van der Waals surface area (Å²) < 4.78 is 5.96. The first-order valence-corrected chi connectivity index (χ1v) is 3.87. The third-order valence-electron chi connectivity index (χ3n) is 1.32. The Kier molecular flexibility index (Phi) is 5.04. The summed E-state index contributed by atoms with van der Waals surface area (Å²) in [5.74, 6) is 5.97. The van der Waals surface area contributed by atoms with Crippen LogP contribution in [-0.4, -0.2) is 7.11 Å². The van der Waals surface area contributed by atoms with Gasteiger partial charge in [-0.05, 0) is 28.1 Å². The molecule has 3 nitrogen and oxygen atoms in total. The standard InChI is InChI=1S/C7H9BrN2O.ClH/c1-11-7-4-5(10-9)2-3-6(7)8;/h2-4,10H,9H2,1H3;1H. The Hall–Kier alpha value is -0.450. The summed E-state index contributed by atoms with van der Waals surface area (Å²) in [6, 6.07) is 5.53. The molecule has 0 fully saturated rings. The van der Waals surface area contributed by atoms with E-state index >= 15 is 0 Å². The van der Waals surface area contributed by atoms with E-state index in [-0.39, 0.29) is 12.4 Å². The van der Waals surface area contributed by atoms with E-state index in [0.717, 1.165) is 15.9 Å². The number of nitrogen functional groups attached to an aromatic ring is 1. The van der Waals surface area contributed by atoms with Crippen LogP contribution < -0.4 is 16.0 Å². The van der Waals surface area contributed by atoms with Gasteiger partial charge >= 0.3 is 0 Å². The molecule has 0 unspecified atom stereocenters. The fourth-order valence-electron chi connectivity index (χ4n) is 0.750. The quantitative estimate of drug-likeness (QED) is 0.627. The third-order valence-corrected chi connectivity index (χ3v) is 1.97. The monoisotopic (exact) mass is 252 g/mol. The van der Waals surface area contributed by atoms with Crippen molar-refractivity contribution in [2.45, 2.75) is 0 Å². The van der Waals surface area contributed by atoms with Crippen LogP contribution in [0.1, 0.15) is 0 Å². The molecular weight excluding hydrogens is 243 g/mol. The molecule has 1 rings (SSSR count). The van der Waals surface area contributed by atoms with Gasteiger partial charge in [0.05, 0.1) is 17.3 Å². The molecule has 0 aliphatic carbocycles. The van der Waals surface area contributed by atoms with Crippen LogP contribution in [0.4, 0.5) is 5.69 Å². The Morgan fingerprint density at radius 3 is 2.67 bits per heavy atom. The van der Waals surface area contributed by atoms with Gasteiger partial charge in [0.25, 0.3) is 0 Å². The lowest BCUT2D eigenvalue weighted by atomic mass is 10.3. The number of methoxy groups -OCH3 is 1. The first kappa shape index (κ1) is 11.5. The van der Waals surface area contributed by atoms with Crippen molar-refractivity contribution in [3.8, 4) is 5.75 Å². The molecule has 0 saturated heterocycles. The summed E-state index contributed by atoms with van der Waals surface area (Å²) in [5.41, 5.74) is 3.35. The minimum atomic E-state index is 0. The van der Waals surface area contributed by atoms with Crippen LogP contribution in [0.5, 0.6) is 5.75 Å². The van der Waals surface area contributed by atoms with Gasteiger partial charge in [-0.2, -0.15) is 0 Å². The van der Waals surface area contributed by atoms with Crippen LogP contribution >= 0.6 is 28.3 Å². The number of hydrogen-bond donors (Lipinski definition) is 2. The SMILES string of the molecule is COc1cc(NN)ccc1Br.Cl. The van der Waals surface area contributed by atoms with Crippen molar-refractivity contribution in [2.24, 2.45) is 5.84 Å². The summed E-state index contributed by atoms with van der Waals surface area (Å²) >= 11 is 3.33. The summed E-state index contributed by atoms with van der Waals surface area (Å²) in [7, 11) is 1.61. The minimum absolute atomic E-state index is 0. The highest BCUT2D eigenvalue weighted by molar-refractivity contribution is 9.10. The lowest BCUT2D eigenvalue weighted by Gasteiger charge is -2.05. The summed E-state index contributed by atoms with van der Waals surface area (Å²) in [5, 5.41) is 0. The van der Waals surface area contributed by atoms with Gasteiger partial charge in [0.15, 0.2) is 0 Å². The van der Waals surface area contributed by atoms with Crippen LogP contribution in [-0.2, 0) is 0 Å². The normalized spacial score (nSPS) is 8.58. The predicted octanol–water partition coefficient (Wildman–Crippen LogP) is 2.17. The molecule has 0 amide bonds. The molecule has 68 valence electrons. The van der Waals surface area contributed by atoms with Gasteiger partial charge in [0.2, 0.25) is 0 Å². The lowest BCUT2D eigenvalue weighted by Crippen LogP contribution is -2.06. The molecule has 1 aromatic carbocycles. The van der Waals surface area contributed by atoms with Gasteiger partial charge in [0, 0.05) is 6.07 Å². The van der Waals surface area contributed by atoms with Crippen molar-refractivity contribution in [1.82, 2.24) is 0 Å². The van der Waals surface area contributed by atoms with Crippen molar-refractivity contribution in [3.63, 3.8) is 0 Å². The van der Waals surface area contributed by atoms with E-state index in [9.17, 15) is 0 Å². The Bertz CT molecular complexity index is 257. The maximum Gasteiger partial charge on any atom is 0.135 e. The molecule has 5 heteroatoms. The topological polar surface area (TPSA) is 47.3 Å². The second kappa shape index (κ2) is 5.24. The third kappa shape index (κ3) is 2.55. The summed E-state index contributed by atoms with van der Waals surface area (Å²) in [6.45, 7) is 0. The van der Waals surface area contributed by atoms with E-state index in [1.165, 1.54) is 0 Å². The van der Waals surface area contributed by atoms with Gasteiger partial charge in [-0.3, -0.25) is 5.84 Å². The average molecular weight is 254 g/mol. The number of ether oxygens (including phenoxy) is 1. The fraction of sp³-hybridized carbons (Fsp3) is 0.143. The van der Waals surface area contributed by atoms with Gasteiger partial charge in [-0.25, -0.2) is 0 Å². The highest BCUT2D eigenvalue weighted by atomic mass is 79.9. The van der Waals surface area contributed by atoms with E-state index in [0.29, 0.717) is 0 Å². The number of nitrogens with two attached hydrogens (primary N) is 1. The molecular formula is C7H10BrClN2O. The van der Waals surface area contributed by atoms with Crippen LogP contribution in [0.2, 0.25) is 0 Å². The Balaban J connectivity index is 0.00000121. The number of nitrogens with one attached hydrogen (secondary N) is 1. The molecule has 0 aliphatic heterocycles. The lowest BCUT2D eigenvalue weighted by molar-refractivity contribution is 0.412. The van der Waals surface area contributed by atoms with E-state index in [1.807, 2.05) is 18.2 Å². The fourth-order valence-corrected chi connectivity index (χ4v) is 1.16. The van der Waals surface area contributed by atoms with Gasteiger partial charge in [-0.1, -0.05) is 0 Å². The molecule has 0 heterocycles. The van der Waals surface area contributed by atoms with E-state index < -0.39 is 0 Å². The minimum Gasteiger partial charge on any atom is -0.495 e. The van der Waals surface area contributed by atoms with Crippen molar-refractivity contribution in [2.75, 3.05) is 12.5 Å². The zero-order valence-corrected chi connectivity index (χ0v) is 8.91. The zero-order valence-electron chi connectivity index (χ0n) is 6.50. The number of anilines is 1. The molecule has 0 atom stereocenters. The van der Waals surface area contributed by atoms with E-state index in [2.05, 4.69) is 21.4 Å². The number of halogens is 2. The van der Waals surface area contributed by atoms with Crippen LogP contribution in [0.25, 0.3) is 0 Å². The second-order valence-corrected chi connectivity index (χ2v) is 2.85. The second-order valence-electron chi connectivity index (χ2n) is 1.99. The molecule has 0 aliphatic rings. The molecule has 0 saturated carbocycles. The number of hydrogen-bond acceptors (Lipinski definition) is 3. The van der Waals surface area contributed by atoms with E-state index in [4.69, 9.17) is 10.6 Å². The Morgan fingerprint density at radius 2 is 2.17 bits per heavy atom. The average Bonchev–Trinajstić information content (AvgIpc) is 2.05. The molecule has 3 N–H and O–H groups in total. The van der Waals surface area contributed by atoms with Crippen molar-refractivity contribution < 1.29 is 4.74 Å². The summed E-state index contributed by atoms with van der Waals surface area (Å²) in [4.78, 5) is 0. The van der Waals surface area contributed by atoms with Gasteiger partial charge in [0.1, 0.15) is 5.75 Å². The summed E-state index contributed by atoms with van der Waals surface area (Å²) in [6.07, 6.45) is 0. The molecule has 0 radical (unpaired) electrons. The van der Waals surface area contributed by atoms with Gasteiger partial charge in [-0.15, -0.1) is 12.4 Å². The highest BCUT2D eigenvalue weighted by Gasteiger charge is 1.98. The first-order chi connectivity index (χ1) is 5.27. The van der Waals surface area contributed by atoms with Crippen molar-refractivity contribution >= 4 is 34.0 Å². The molecule has 0 bridgehead atoms. The molecule has 0 aromatic heterocycles. The van der Waals surface area contributed by atoms with Crippen LogP contribution in [0, 0.1) is 0 Å². The molecule has 12 heavy (non-hydrogen) atoms. The highest BCUT2D eigenvalue weighted by Crippen LogP contribution is 2.27. The van der Waals surface area contributed by atoms with Crippen LogP contribution in [0.3, 0.4) is 0 Å². The first-order valence-electron chi connectivity index (χ1n) is 3.08. The van der Waals surface area contributed by atoms with E-state index in [1.54, 1.807) is 7.11 Å². The number of benzene rings is 1. The Morgan fingerprint density at radius 1 is 1.50 bits per heavy atom. The van der Waals surface area contributed by atoms with Crippen molar-refractivity contribution in [1.29, 1.82) is 0 Å². The van der Waals surface area contributed by atoms with Gasteiger partial charge < -0.3 is 10.2 Å².